The maximum atomic E-state index is 12.1. The number of nitrogens with one attached hydrogen (secondary N) is 1. The molecular weight excluding hydrogens is 374 g/mol. The van der Waals surface area contributed by atoms with Crippen molar-refractivity contribution < 1.29 is 9.72 Å². The molecule has 0 aliphatic carbocycles. The summed E-state index contributed by atoms with van der Waals surface area (Å²) in [6.45, 7) is 2.28. The van der Waals surface area contributed by atoms with E-state index >= 15 is 0 Å². The minimum absolute atomic E-state index is 0.00897. The third kappa shape index (κ3) is 4.55. The van der Waals surface area contributed by atoms with Crippen molar-refractivity contribution in [3.63, 3.8) is 0 Å². The molecule has 0 unspecified atom stereocenters. The molecule has 126 valence electrons. The van der Waals surface area contributed by atoms with E-state index in [1.54, 1.807) is 18.2 Å². The number of para-hydroxylation sites is 1. The lowest BCUT2D eigenvalue weighted by Crippen LogP contribution is -2.34. The highest BCUT2D eigenvalue weighted by molar-refractivity contribution is 9.10. The van der Waals surface area contributed by atoms with Gasteiger partial charge in [0.25, 0.3) is 5.69 Å². The average Bonchev–Trinajstić information content (AvgIpc) is 2.55. The molecule has 0 bridgehead atoms. The zero-order valence-electron chi connectivity index (χ0n) is 13.5. The van der Waals surface area contributed by atoms with Crippen LogP contribution in [0.5, 0.6) is 0 Å². The summed E-state index contributed by atoms with van der Waals surface area (Å²) in [5.41, 5.74) is 2.50. The number of hydrogen-bond donors (Lipinski definition) is 1. The molecule has 1 amide bonds. The fourth-order valence-electron chi connectivity index (χ4n) is 2.26. The molecule has 0 radical (unpaired) electrons. The first kappa shape index (κ1) is 17.9. The minimum Gasteiger partial charge on any atom is -0.365 e. The summed E-state index contributed by atoms with van der Waals surface area (Å²) in [6.07, 6.45) is 0. The molecule has 0 saturated heterocycles. The summed E-state index contributed by atoms with van der Waals surface area (Å²) in [6, 6.07) is 12.2. The van der Waals surface area contributed by atoms with Crippen LogP contribution in [0.25, 0.3) is 0 Å². The molecule has 2 aromatic rings. The van der Waals surface area contributed by atoms with Crippen molar-refractivity contribution in [1.29, 1.82) is 0 Å². The predicted octanol–water partition coefficient (Wildman–Crippen LogP) is 3.42. The Labute approximate surface area is 148 Å². The third-order valence-electron chi connectivity index (χ3n) is 3.63. The van der Waals surface area contributed by atoms with E-state index in [1.807, 2.05) is 37.1 Å². The Morgan fingerprint density at radius 2 is 2.00 bits per heavy atom. The second kappa shape index (κ2) is 7.92. The topological polar surface area (TPSA) is 75.5 Å². The number of nitro groups is 1. The van der Waals surface area contributed by atoms with E-state index in [0.717, 1.165) is 15.7 Å². The first-order chi connectivity index (χ1) is 11.4. The standard InChI is InChI=1S/C17H18BrN3O3/c1-12-9-14(7-8-15(12)18)20(2)11-17(22)19-10-13-5-3-4-6-16(13)21(23)24/h3-9H,10-11H2,1-2H3,(H,19,22). The lowest BCUT2D eigenvalue weighted by atomic mass is 10.2. The Hall–Kier alpha value is -2.41. The number of carbonyl (C=O) groups excluding carboxylic acids is 1. The number of benzene rings is 2. The zero-order valence-corrected chi connectivity index (χ0v) is 15.0. The summed E-state index contributed by atoms with van der Waals surface area (Å²) in [5, 5.41) is 13.7. The maximum Gasteiger partial charge on any atom is 0.274 e. The van der Waals surface area contributed by atoms with E-state index < -0.39 is 4.92 Å². The zero-order chi connectivity index (χ0) is 17.7. The van der Waals surface area contributed by atoms with Crippen LogP contribution in [0, 0.1) is 17.0 Å². The van der Waals surface area contributed by atoms with Gasteiger partial charge in [-0.25, -0.2) is 0 Å². The first-order valence-electron chi connectivity index (χ1n) is 7.34. The molecule has 0 atom stereocenters. The molecule has 0 spiro atoms. The van der Waals surface area contributed by atoms with Crippen LogP contribution in [0.15, 0.2) is 46.9 Å². The second-order valence-electron chi connectivity index (χ2n) is 5.45. The predicted molar refractivity (Wildman–Crippen MR) is 97.1 cm³/mol. The smallest absolute Gasteiger partial charge is 0.274 e. The van der Waals surface area contributed by atoms with E-state index in [-0.39, 0.29) is 24.7 Å². The summed E-state index contributed by atoms with van der Waals surface area (Å²) in [7, 11) is 1.83. The van der Waals surface area contributed by atoms with Gasteiger partial charge in [0.2, 0.25) is 5.91 Å². The highest BCUT2D eigenvalue weighted by Crippen LogP contribution is 2.22. The summed E-state index contributed by atoms with van der Waals surface area (Å²) >= 11 is 3.45. The van der Waals surface area contributed by atoms with Gasteiger partial charge in [-0.15, -0.1) is 0 Å². The van der Waals surface area contributed by atoms with Crippen LogP contribution >= 0.6 is 15.9 Å². The molecule has 0 aliphatic rings. The van der Waals surface area contributed by atoms with Crippen molar-refractivity contribution in [1.82, 2.24) is 5.32 Å². The van der Waals surface area contributed by atoms with Crippen LogP contribution in [0.1, 0.15) is 11.1 Å². The van der Waals surface area contributed by atoms with Gasteiger partial charge in [-0.2, -0.15) is 0 Å². The number of likely N-dealkylation sites (N-methyl/N-ethyl adjacent to an activating group) is 1. The maximum absolute atomic E-state index is 12.1. The Morgan fingerprint density at radius 3 is 2.67 bits per heavy atom. The minimum atomic E-state index is -0.446. The number of aryl methyl sites for hydroxylation is 1. The fourth-order valence-corrected chi connectivity index (χ4v) is 2.51. The quantitative estimate of drug-likeness (QED) is 0.604. The lowest BCUT2D eigenvalue weighted by Gasteiger charge is -2.19. The molecule has 0 heterocycles. The fraction of sp³-hybridized carbons (Fsp3) is 0.235. The number of nitrogens with zero attached hydrogens (tertiary/aromatic N) is 2. The van der Waals surface area contributed by atoms with Crippen molar-refractivity contribution in [2.24, 2.45) is 0 Å². The van der Waals surface area contributed by atoms with Crippen molar-refractivity contribution >= 4 is 33.2 Å². The third-order valence-corrected chi connectivity index (χ3v) is 4.52. The number of anilines is 1. The number of hydrogen-bond acceptors (Lipinski definition) is 4. The SMILES string of the molecule is Cc1cc(N(C)CC(=O)NCc2ccccc2[N+](=O)[O-])ccc1Br. The van der Waals surface area contributed by atoms with E-state index in [4.69, 9.17) is 0 Å². The van der Waals surface area contributed by atoms with Gasteiger partial charge in [-0.3, -0.25) is 14.9 Å². The molecule has 0 aromatic heterocycles. The summed E-state index contributed by atoms with van der Waals surface area (Å²) in [4.78, 5) is 24.5. The van der Waals surface area contributed by atoms with Gasteiger partial charge in [0.05, 0.1) is 11.5 Å². The van der Waals surface area contributed by atoms with Gasteiger partial charge >= 0.3 is 0 Å². The molecule has 24 heavy (non-hydrogen) atoms. The van der Waals surface area contributed by atoms with E-state index in [1.165, 1.54) is 6.07 Å². The number of amides is 1. The number of carbonyl (C=O) groups is 1. The van der Waals surface area contributed by atoms with Crippen LogP contribution in [-0.2, 0) is 11.3 Å². The van der Waals surface area contributed by atoms with Gasteiger partial charge in [0.15, 0.2) is 0 Å². The molecule has 2 aromatic carbocycles. The summed E-state index contributed by atoms with van der Waals surface area (Å²) < 4.78 is 1.01. The van der Waals surface area contributed by atoms with Crippen molar-refractivity contribution in [3.05, 3.63) is 68.2 Å². The van der Waals surface area contributed by atoms with Gasteiger partial charge in [-0.05, 0) is 30.7 Å². The van der Waals surface area contributed by atoms with Crippen molar-refractivity contribution in [2.45, 2.75) is 13.5 Å². The highest BCUT2D eigenvalue weighted by atomic mass is 79.9. The highest BCUT2D eigenvalue weighted by Gasteiger charge is 2.14. The van der Waals surface area contributed by atoms with Crippen LogP contribution in [0.2, 0.25) is 0 Å². The van der Waals surface area contributed by atoms with Gasteiger partial charge in [0, 0.05) is 35.4 Å². The molecule has 0 fully saturated rings. The molecule has 1 N–H and O–H groups in total. The molecular formula is C17H18BrN3O3. The van der Waals surface area contributed by atoms with Crippen molar-refractivity contribution in [2.75, 3.05) is 18.5 Å². The Bertz CT molecular complexity index is 764. The Kier molecular flexibility index (Phi) is 5.92. The lowest BCUT2D eigenvalue weighted by molar-refractivity contribution is -0.385. The van der Waals surface area contributed by atoms with Crippen LogP contribution in [0.4, 0.5) is 11.4 Å². The first-order valence-corrected chi connectivity index (χ1v) is 8.14. The van der Waals surface area contributed by atoms with Crippen LogP contribution in [0.3, 0.4) is 0 Å². The molecule has 6 nitrogen and oxygen atoms in total. The molecule has 7 heteroatoms. The van der Waals surface area contributed by atoms with E-state index in [2.05, 4.69) is 21.2 Å². The Morgan fingerprint density at radius 1 is 1.29 bits per heavy atom. The van der Waals surface area contributed by atoms with Crippen LogP contribution in [-0.4, -0.2) is 24.4 Å². The number of nitro benzene ring substituents is 1. The van der Waals surface area contributed by atoms with E-state index in [9.17, 15) is 14.9 Å². The number of halogens is 1. The second-order valence-corrected chi connectivity index (χ2v) is 6.31. The molecule has 2 rings (SSSR count). The Balaban J connectivity index is 1.96. The largest absolute Gasteiger partial charge is 0.365 e. The van der Waals surface area contributed by atoms with Gasteiger partial charge < -0.3 is 10.2 Å². The van der Waals surface area contributed by atoms with Gasteiger partial charge in [0.1, 0.15) is 0 Å². The molecule has 0 aliphatic heterocycles. The number of rotatable bonds is 6. The summed E-state index contributed by atoms with van der Waals surface area (Å²) in [5.74, 6) is -0.198. The molecule has 0 saturated carbocycles. The average molecular weight is 392 g/mol. The van der Waals surface area contributed by atoms with E-state index in [0.29, 0.717) is 5.56 Å². The van der Waals surface area contributed by atoms with Crippen LogP contribution < -0.4 is 10.2 Å². The normalized spacial score (nSPS) is 10.3. The van der Waals surface area contributed by atoms with Gasteiger partial charge in [-0.1, -0.05) is 34.1 Å². The monoisotopic (exact) mass is 391 g/mol. The van der Waals surface area contributed by atoms with Crippen molar-refractivity contribution in [3.8, 4) is 0 Å².